The average Bonchev–Trinajstić information content (AvgIpc) is 3.47. The van der Waals surface area contributed by atoms with Gasteiger partial charge < -0.3 is 4.42 Å². The molecule has 1 nitrogen and oxygen atoms in total. The average molecular weight is 571 g/mol. The van der Waals surface area contributed by atoms with Crippen LogP contribution in [0.5, 0.6) is 0 Å². The Balaban J connectivity index is 1.44. The van der Waals surface area contributed by atoms with Gasteiger partial charge in [0.15, 0.2) is 0 Å². The van der Waals surface area contributed by atoms with E-state index in [-0.39, 0.29) is 0 Å². The monoisotopic (exact) mass is 570 g/mol. The fraction of sp³-hybridized carbons (Fsp3) is 0. The Morgan fingerprint density at radius 1 is 0.311 bits per heavy atom. The molecule has 9 aromatic carbocycles. The molecule has 0 bridgehead atoms. The molecule has 0 unspecified atom stereocenters. The van der Waals surface area contributed by atoms with Gasteiger partial charge in [-0.1, -0.05) is 146 Å². The van der Waals surface area contributed by atoms with E-state index in [0.29, 0.717) is 0 Å². The lowest BCUT2D eigenvalue weighted by molar-refractivity contribution is 0.670. The lowest BCUT2D eigenvalue weighted by Crippen LogP contribution is -1.93. The lowest BCUT2D eigenvalue weighted by Gasteiger charge is -2.20. The molecule has 0 amide bonds. The highest BCUT2D eigenvalue weighted by Crippen LogP contribution is 2.50. The summed E-state index contributed by atoms with van der Waals surface area (Å²) in [6.45, 7) is 0. The van der Waals surface area contributed by atoms with E-state index in [1.54, 1.807) is 0 Å². The highest BCUT2D eigenvalue weighted by molar-refractivity contribution is 6.30. The van der Waals surface area contributed by atoms with Crippen molar-refractivity contribution in [2.45, 2.75) is 0 Å². The van der Waals surface area contributed by atoms with E-state index < -0.39 is 0 Å². The first-order chi connectivity index (χ1) is 22.3. The van der Waals surface area contributed by atoms with Crippen molar-refractivity contribution in [2.24, 2.45) is 0 Å². The number of para-hydroxylation sites is 1. The SMILES string of the molecule is c1ccc2c(-c3c4ccccc4c(-c4cccc5ccc6ccccc6c45)c4ccccc34)c3oc4ccccc4c3cc2c1. The zero-order valence-corrected chi connectivity index (χ0v) is 24.4. The van der Waals surface area contributed by atoms with Crippen LogP contribution >= 0.6 is 0 Å². The molecule has 1 heterocycles. The Labute approximate surface area is 259 Å². The molecule has 0 aliphatic rings. The first-order valence-electron chi connectivity index (χ1n) is 15.5. The van der Waals surface area contributed by atoms with E-state index in [9.17, 15) is 0 Å². The molecule has 10 rings (SSSR count). The first-order valence-corrected chi connectivity index (χ1v) is 15.5. The van der Waals surface area contributed by atoms with Crippen LogP contribution in [0.1, 0.15) is 0 Å². The van der Waals surface area contributed by atoms with Crippen molar-refractivity contribution in [1.82, 2.24) is 0 Å². The predicted molar refractivity (Wildman–Crippen MR) is 192 cm³/mol. The molecule has 0 spiro atoms. The van der Waals surface area contributed by atoms with Crippen LogP contribution in [0.2, 0.25) is 0 Å². The maximum absolute atomic E-state index is 6.76. The lowest BCUT2D eigenvalue weighted by atomic mass is 9.82. The zero-order chi connectivity index (χ0) is 29.5. The molecule has 0 saturated heterocycles. The zero-order valence-electron chi connectivity index (χ0n) is 24.4. The topological polar surface area (TPSA) is 13.1 Å². The van der Waals surface area contributed by atoms with Crippen LogP contribution in [0.3, 0.4) is 0 Å². The van der Waals surface area contributed by atoms with Crippen LogP contribution < -0.4 is 0 Å². The molecule has 0 N–H and O–H groups in total. The number of rotatable bonds is 2. The Bertz CT molecular complexity index is 2760. The van der Waals surface area contributed by atoms with Gasteiger partial charge in [0, 0.05) is 21.9 Å². The number of hydrogen-bond donors (Lipinski definition) is 0. The van der Waals surface area contributed by atoms with Crippen molar-refractivity contribution in [1.29, 1.82) is 0 Å². The van der Waals surface area contributed by atoms with Gasteiger partial charge >= 0.3 is 0 Å². The molecule has 1 aromatic heterocycles. The van der Waals surface area contributed by atoms with Crippen molar-refractivity contribution < 1.29 is 4.42 Å². The molecule has 0 aliphatic heterocycles. The third kappa shape index (κ3) is 3.44. The maximum atomic E-state index is 6.76. The summed E-state index contributed by atoms with van der Waals surface area (Å²) in [4.78, 5) is 0. The van der Waals surface area contributed by atoms with Gasteiger partial charge in [0.2, 0.25) is 0 Å². The third-order valence-electron chi connectivity index (χ3n) is 9.61. The molecule has 45 heavy (non-hydrogen) atoms. The van der Waals surface area contributed by atoms with E-state index in [1.165, 1.54) is 70.6 Å². The van der Waals surface area contributed by atoms with Gasteiger partial charge in [0.1, 0.15) is 11.2 Å². The van der Waals surface area contributed by atoms with Crippen LogP contribution in [0.4, 0.5) is 0 Å². The van der Waals surface area contributed by atoms with Crippen molar-refractivity contribution in [3.05, 3.63) is 158 Å². The summed E-state index contributed by atoms with van der Waals surface area (Å²) >= 11 is 0. The number of fused-ring (bicyclic) bond motifs is 9. The largest absolute Gasteiger partial charge is 0.455 e. The molecule has 1 heteroatoms. The summed E-state index contributed by atoms with van der Waals surface area (Å²) in [6, 6.07) is 57.3. The number of benzene rings is 9. The number of furan rings is 1. The van der Waals surface area contributed by atoms with Crippen LogP contribution in [0.25, 0.3) is 98.1 Å². The fourth-order valence-corrected chi connectivity index (χ4v) is 7.73. The second-order valence-corrected chi connectivity index (χ2v) is 12.0. The quantitative estimate of drug-likeness (QED) is 0.149. The molecule has 0 aliphatic carbocycles. The standard InChI is InChI=1S/C44H26O/c1-3-15-30-27(12-1)24-25-28-14-11-22-37(40(28)30)41-33-18-5-7-20-35(33)42(36-21-8-6-19-34(36)41)43-31-16-4-2-13-29(31)26-38-32-17-9-10-23-39(32)45-44(38)43/h1-26H. The maximum Gasteiger partial charge on any atom is 0.143 e. The van der Waals surface area contributed by atoms with Gasteiger partial charge in [0.05, 0.1) is 0 Å². The molecule has 0 atom stereocenters. The fourth-order valence-electron chi connectivity index (χ4n) is 7.73. The van der Waals surface area contributed by atoms with E-state index in [2.05, 4.69) is 158 Å². The molecule has 0 saturated carbocycles. The summed E-state index contributed by atoms with van der Waals surface area (Å²) < 4.78 is 6.76. The summed E-state index contributed by atoms with van der Waals surface area (Å²) in [5, 5.41) is 14.7. The van der Waals surface area contributed by atoms with Crippen LogP contribution in [0, 0.1) is 0 Å². The van der Waals surface area contributed by atoms with E-state index in [0.717, 1.165) is 27.5 Å². The van der Waals surface area contributed by atoms with Crippen molar-refractivity contribution >= 4 is 75.8 Å². The Morgan fingerprint density at radius 3 is 1.58 bits per heavy atom. The second-order valence-electron chi connectivity index (χ2n) is 12.0. The summed E-state index contributed by atoms with van der Waals surface area (Å²) in [5.74, 6) is 0. The van der Waals surface area contributed by atoms with Gasteiger partial charge in [-0.05, 0) is 77.1 Å². The second kappa shape index (κ2) is 9.29. The predicted octanol–water partition coefficient (Wildman–Crippen LogP) is 12.7. The minimum Gasteiger partial charge on any atom is -0.455 e. The van der Waals surface area contributed by atoms with Gasteiger partial charge in [-0.25, -0.2) is 0 Å². The Morgan fingerprint density at radius 2 is 0.844 bits per heavy atom. The molecule has 0 radical (unpaired) electrons. The molecule has 10 aromatic rings. The van der Waals surface area contributed by atoms with Gasteiger partial charge in [-0.15, -0.1) is 0 Å². The van der Waals surface area contributed by atoms with Crippen molar-refractivity contribution in [3.8, 4) is 22.3 Å². The van der Waals surface area contributed by atoms with Crippen molar-refractivity contribution in [3.63, 3.8) is 0 Å². The Kier molecular flexibility index (Phi) is 5.06. The molecular formula is C44H26O. The summed E-state index contributed by atoms with van der Waals surface area (Å²) in [5.41, 5.74) is 6.76. The highest BCUT2D eigenvalue weighted by Gasteiger charge is 2.23. The van der Waals surface area contributed by atoms with Crippen LogP contribution in [0.15, 0.2) is 162 Å². The van der Waals surface area contributed by atoms with Gasteiger partial charge in [-0.3, -0.25) is 0 Å². The highest BCUT2D eigenvalue weighted by atomic mass is 16.3. The van der Waals surface area contributed by atoms with Crippen molar-refractivity contribution in [2.75, 3.05) is 0 Å². The first kappa shape index (κ1) is 24.5. The minimum atomic E-state index is 0.914. The summed E-state index contributed by atoms with van der Waals surface area (Å²) in [7, 11) is 0. The normalized spacial score (nSPS) is 12.0. The number of hydrogen-bond acceptors (Lipinski definition) is 1. The van der Waals surface area contributed by atoms with Crippen LogP contribution in [-0.4, -0.2) is 0 Å². The molecular weight excluding hydrogens is 544 g/mol. The smallest absolute Gasteiger partial charge is 0.143 e. The summed E-state index contributed by atoms with van der Waals surface area (Å²) in [6.07, 6.45) is 0. The van der Waals surface area contributed by atoms with E-state index in [4.69, 9.17) is 4.42 Å². The molecule has 0 fully saturated rings. The molecule has 208 valence electrons. The van der Waals surface area contributed by atoms with E-state index in [1.807, 2.05) is 0 Å². The third-order valence-corrected chi connectivity index (χ3v) is 9.61. The van der Waals surface area contributed by atoms with Gasteiger partial charge in [-0.2, -0.15) is 0 Å². The Hall–Kier alpha value is -5.92. The van der Waals surface area contributed by atoms with Gasteiger partial charge in [0.25, 0.3) is 0 Å². The van der Waals surface area contributed by atoms with E-state index >= 15 is 0 Å². The minimum absolute atomic E-state index is 0.914. The van der Waals surface area contributed by atoms with Crippen LogP contribution in [-0.2, 0) is 0 Å².